The normalized spacial score (nSPS) is 24.9. The van der Waals surface area contributed by atoms with E-state index in [0.717, 1.165) is 31.6 Å². The SMILES string of the molecule is CC(C)CCC1CCCCC1=O. The Morgan fingerprint density at radius 1 is 1.42 bits per heavy atom. The van der Waals surface area contributed by atoms with Gasteiger partial charge in [0.2, 0.25) is 0 Å². The number of hydrogen-bond donors (Lipinski definition) is 0. The predicted octanol–water partition coefficient (Wildman–Crippen LogP) is 3.18. The van der Waals surface area contributed by atoms with Crippen LogP contribution in [0.4, 0.5) is 0 Å². The van der Waals surface area contributed by atoms with E-state index in [1.54, 1.807) is 0 Å². The van der Waals surface area contributed by atoms with Crippen LogP contribution >= 0.6 is 0 Å². The Balaban J connectivity index is 2.25. The molecule has 0 amide bonds. The van der Waals surface area contributed by atoms with Crippen LogP contribution in [0.5, 0.6) is 0 Å². The molecule has 1 saturated carbocycles. The van der Waals surface area contributed by atoms with Gasteiger partial charge in [-0.1, -0.05) is 26.7 Å². The molecule has 1 heteroatoms. The standard InChI is InChI=1S/C11H20O/c1-9(2)7-8-10-5-3-4-6-11(10)12/h9-10H,3-8H2,1-2H3. The van der Waals surface area contributed by atoms with Crippen LogP contribution in [-0.2, 0) is 4.79 Å². The zero-order valence-electron chi connectivity index (χ0n) is 8.31. The quantitative estimate of drug-likeness (QED) is 0.632. The average Bonchev–Trinajstić information content (AvgIpc) is 2.03. The highest BCUT2D eigenvalue weighted by Crippen LogP contribution is 2.25. The first-order valence-corrected chi connectivity index (χ1v) is 5.23. The minimum absolute atomic E-state index is 0.418. The molecule has 0 aromatic rings. The molecule has 12 heavy (non-hydrogen) atoms. The van der Waals surface area contributed by atoms with Gasteiger partial charge >= 0.3 is 0 Å². The van der Waals surface area contributed by atoms with Gasteiger partial charge in [-0.15, -0.1) is 0 Å². The van der Waals surface area contributed by atoms with Gasteiger partial charge in [-0.25, -0.2) is 0 Å². The highest BCUT2D eigenvalue weighted by molar-refractivity contribution is 5.81. The third-order valence-electron chi connectivity index (χ3n) is 2.77. The van der Waals surface area contributed by atoms with Crippen LogP contribution in [0.15, 0.2) is 0 Å². The second-order valence-corrected chi connectivity index (χ2v) is 4.38. The van der Waals surface area contributed by atoms with Crippen LogP contribution in [0, 0.1) is 11.8 Å². The largest absolute Gasteiger partial charge is 0.299 e. The van der Waals surface area contributed by atoms with E-state index in [1.807, 2.05) is 0 Å². The van der Waals surface area contributed by atoms with E-state index in [4.69, 9.17) is 0 Å². The molecule has 0 N–H and O–H groups in total. The molecule has 0 aromatic heterocycles. The Bertz CT molecular complexity index is 149. The Morgan fingerprint density at radius 3 is 2.75 bits per heavy atom. The summed E-state index contributed by atoms with van der Waals surface area (Å²) in [5.41, 5.74) is 0. The highest BCUT2D eigenvalue weighted by atomic mass is 16.1. The summed E-state index contributed by atoms with van der Waals surface area (Å²) in [7, 11) is 0. The van der Waals surface area contributed by atoms with E-state index in [-0.39, 0.29) is 0 Å². The van der Waals surface area contributed by atoms with Crippen molar-refractivity contribution < 1.29 is 4.79 Å². The number of carbonyl (C=O) groups excluding carboxylic acids is 1. The van der Waals surface area contributed by atoms with Crippen molar-refractivity contribution in [2.75, 3.05) is 0 Å². The van der Waals surface area contributed by atoms with Gasteiger partial charge in [-0.3, -0.25) is 4.79 Å². The molecule has 0 heterocycles. The van der Waals surface area contributed by atoms with E-state index >= 15 is 0 Å². The molecular weight excluding hydrogens is 148 g/mol. The third kappa shape index (κ3) is 2.96. The number of Topliss-reactive ketones (excluding diaryl/α,β-unsaturated/α-hetero) is 1. The lowest BCUT2D eigenvalue weighted by Crippen LogP contribution is -2.19. The van der Waals surface area contributed by atoms with E-state index in [0.29, 0.717) is 11.7 Å². The van der Waals surface area contributed by atoms with Crippen LogP contribution < -0.4 is 0 Å². The van der Waals surface area contributed by atoms with Crippen LogP contribution in [0.25, 0.3) is 0 Å². The summed E-state index contributed by atoms with van der Waals surface area (Å²) in [5, 5.41) is 0. The van der Waals surface area contributed by atoms with Crippen LogP contribution in [0.2, 0.25) is 0 Å². The van der Waals surface area contributed by atoms with Crippen molar-refractivity contribution in [1.82, 2.24) is 0 Å². The first-order chi connectivity index (χ1) is 5.70. The molecule has 0 saturated heterocycles. The van der Waals surface area contributed by atoms with Gasteiger partial charge in [0.05, 0.1) is 0 Å². The second kappa shape index (κ2) is 4.64. The smallest absolute Gasteiger partial charge is 0.135 e. The van der Waals surface area contributed by atoms with Gasteiger partial charge in [0.15, 0.2) is 0 Å². The monoisotopic (exact) mass is 168 g/mol. The lowest BCUT2D eigenvalue weighted by molar-refractivity contribution is -0.124. The highest BCUT2D eigenvalue weighted by Gasteiger charge is 2.21. The summed E-state index contributed by atoms with van der Waals surface area (Å²) in [4.78, 5) is 11.4. The molecule has 70 valence electrons. The summed E-state index contributed by atoms with van der Waals surface area (Å²) in [6.07, 6.45) is 6.77. The molecule has 1 rings (SSSR count). The lowest BCUT2D eigenvalue weighted by Gasteiger charge is -2.20. The first kappa shape index (κ1) is 9.76. The van der Waals surface area contributed by atoms with E-state index in [9.17, 15) is 4.79 Å². The molecule has 1 atom stereocenters. The summed E-state index contributed by atoms with van der Waals surface area (Å²) >= 11 is 0. The molecule has 1 aliphatic rings. The topological polar surface area (TPSA) is 17.1 Å². The molecule has 1 aliphatic carbocycles. The van der Waals surface area contributed by atoms with Crippen LogP contribution in [0.1, 0.15) is 52.4 Å². The third-order valence-corrected chi connectivity index (χ3v) is 2.77. The molecule has 0 aromatic carbocycles. The number of hydrogen-bond acceptors (Lipinski definition) is 1. The fraction of sp³-hybridized carbons (Fsp3) is 0.909. The average molecular weight is 168 g/mol. The van der Waals surface area contributed by atoms with Crippen molar-refractivity contribution in [3.63, 3.8) is 0 Å². The van der Waals surface area contributed by atoms with Crippen molar-refractivity contribution in [2.24, 2.45) is 11.8 Å². The Kier molecular flexibility index (Phi) is 3.77. The number of carbonyl (C=O) groups is 1. The van der Waals surface area contributed by atoms with E-state index in [1.165, 1.54) is 12.8 Å². The molecule has 1 nitrogen and oxygen atoms in total. The fourth-order valence-electron chi connectivity index (χ4n) is 1.89. The summed E-state index contributed by atoms with van der Waals surface area (Å²) in [6, 6.07) is 0. The van der Waals surface area contributed by atoms with Crippen molar-refractivity contribution in [3.8, 4) is 0 Å². The first-order valence-electron chi connectivity index (χ1n) is 5.23. The summed E-state index contributed by atoms with van der Waals surface area (Å²) in [6.45, 7) is 4.46. The zero-order chi connectivity index (χ0) is 8.97. The molecule has 0 spiro atoms. The van der Waals surface area contributed by atoms with E-state index in [2.05, 4.69) is 13.8 Å². The van der Waals surface area contributed by atoms with Gasteiger partial charge in [0.25, 0.3) is 0 Å². The Labute approximate surface area is 75.5 Å². The van der Waals surface area contributed by atoms with Gasteiger partial charge in [0, 0.05) is 12.3 Å². The molecule has 0 radical (unpaired) electrons. The van der Waals surface area contributed by atoms with Crippen molar-refractivity contribution >= 4 is 5.78 Å². The fourth-order valence-corrected chi connectivity index (χ4v) is 1.89. The van der Waals surface area contributed by atoms with Crippen LogP contribution in [-0.4, -0.2) is 5.78 Å². The summed E-state index contributed by atoms with van der Waals surface area (Å²) < 4.78 is 0. The van der Waals surface area contributed by atoms with Gasteiger partial charge in [0.1, 0.15) is 5.78 Å². The molecule has 1 unspecified atom stereocenters. The summed E-state index contributed by atoms with van der Waals surface area (Å²) in [5.74, 6) is 1.70. The second-order valence-electron chi connectivity index (χ2n) is 4.38. The number of ketones is 1. The van der Waals surface area contributed by atoms with Gasteiger partial charge in [-0.2, -0.15) is 0 Å². The molecule has 0 bridgehead atoms. The predicted molar refractivity (Wildman–Crippen MR) is 51.0 cm³/mol. The maximum Gasteiger partial charge on any atom is 0.135 e. The van der Waals surface area contributed by atoms with E-state index < -0.39 is 0 Å². The number of rotatable bonds is 3. The minimum Gasteiger partial charge on any atom is -0.299 e. The van der Waals surface area contributed by atoms with Gasteiger partial charge < -0.3 is 0 Å². The maximum atomic E-state index is 11.4. The van der Waals surface area contributed by atoms with Crippen molar-refractivity contribution in [3.05, 3.63) is 0 Å². The molecule has 1 fully saturated rings. The lowest BCUT2D eigenvalue weighted by atomic mass is 9.83. The van der Waals surface area contributed by atoms with Crippen molar-refractivity contribution in [1.29, 1.82) is 0 Å². The van der Waals surface area contributed by atoms with Gasteiger partial charge in [-0.05, 0) is 25.2 Å². The van der Waals surface area contributed by atoms with Crippen molar-refractivity contribution in [2.45, 2.75) is 52.4 Å². The molecular formula is C11H20O. The molecule has 0 aliphatic heterocycles. The van der Waals surface area contributed by atoms with Crippen LogP contribution in [0.3, 0.4) is 0 Å². The Morgan fingerprint density at radius 2 is 2.17 bits per heavy atom. The minimum atomic E-state index is 0.418. The maximum absolute atomic E-state index is 11.4. The zero-order valence-corrected chi connectivity index (χ0v) is 8.31. The Hall–Kier alpha value is -0.330.